The van der Waals surface area contributed by atoms with Crippen molar-refractivity contribution < 1.29 is 23.9 Å². The summed E-state index contributed by atoms with van der Waals surface area (Å²) in [6, 6.07) is 9.31. The predicted molar refractivity (Wildman–Crippen MR) is 79.7 cm³/mol. The lowest BCUT2D eigenvalue weighted by atomic mass is 10.2. The van der Waals surface area contributed by atoms with E-state index in [4.69, 9.17) is 4.74 Å². The lowest BCUT2D eigenvalue weighted by Crippen LogP contribution is -2.36. The molecule has 1 rings (SSSR count). The fraction of sp³-hybridized carbons (Fsp3) is 0.438. The van der Waals surface area contributed by atoms with E-state index in [9.17, 15) is 14.4 Å². The minimum absolute atomic E-state index is 0.000858. The number of amides is 1. The smallest absolute Gasteiger partial charge is 0.325 e. The molecule has 0 aliphatic rings. The molecule has 0 unspecified atom stereocenters. The zero-order chi connectivity index (χ0) is 16.4. The third-order valence-electron chi connectivity index (χ3n) is 2.96. The van der Waals surface area contributed by atoms with Gasteiger partial charge >= 0.3 is 11.9 Å². The summed E-state index contributed by atoms with van der Waals surface area (Å²) in [6.07, 6.45) is 0.00178. The van der Waals surface area contributed by atoms with Crippen LogP contribution in [0.1, 0.15) is 25.3 Å². The van der Waals surface area contributed by atoms with Gasteiger partial charge in [-0.1, -0.05) is 30.3 Å². The highest BCUT2D eigenvalue weighted by Gasteiger charge is 2.19. The van der Waals surface area contributed by atoms with E-state index in [1.54, 1.807) is 6.92 Å². The summed E-state index contributed by atoms with van der Waals surface area (Å²) < 4.78 is 9.40. The third kappa shape index (κ3) is 6.39. The second kappa shape index (κ2) is 9.55. The van der Waals surface area contributed by atoms with Crippen molar-refractivity contribution in [2.24, 2.45) is 0 Å². The van der Waals surface area contributed by atoms with Gasteiger partial charge in [0, 0.05) is 13.0 Å². The average Bonchev–Trinajstić information content (AvgIpc) is 2.53. The minimum Gasteiger partial charge on any atom is -0.468 e. The topological polar surface area (TPSA) is 72.9 Å². The molecule has 0 saturated carbocycles. The highest BCUT2D eigenvalue weighted by atomic mass is 16.5. The van der Waals surface area contributed by atoms with E-state index in [2.05, 4.69) is 4.74 Å². The first-order valence-corrected chi connectivity index (χ1v) is 7.11. The molecule has 120 valence electrons. The Labute approximate surface area is 130 Å². The van der Waals surface area contributed by atoms with E-state index >= 15 is 0 Å². The van der Waals surface area contributed by atoms with Crippen LogP contribution in [0.15, 0.2) is 30.3 Å². The summed E-state index contributed by atoms with van der Waals surface area (Å²) in [5.41, 5.74) is 0.899. The van der Waals surface area contributed by atoms with Crippen LogP contribution in [0.5, 0.6) is 0 Å². The van der Waals surface area contributed by atoms with Gasteiger partial charge in [-0.25, -0.2) is 0 Å². The van der Waals surface area contributed by atoms with Crippen molar-refractivity contribution in [3.8, 4) is 0 Å². The first-order chi connectivity index (χ1) is 10.6. The van der Waals surface area contributed by atoms with Crippen LogP contribution in [0.25, 0.3) is 0 Å². The molecule has 0 aromatic heterocycles. The van der Waals surface area contributed by atoms with E-state index in [1.165, 1.54) is 12.0 Å². The van der Waals surface area contributed by atoms with E-state index in [0.717, 1.165) is 5.56 Å². The van der Waals surface area contributed by atoms with Crippen molar-refractivity contribution in [2.75, 3.05) is 20.3 Å². The van der Waals surface area contributed by atoms with Gasteiger partial charge < -0.3 is 14.4 Å². The molecular formula is C16H21NO5. The van der Waals surface area contributed by atoms with Gasteiger partial charge in [-0.15, -0.1) is 0 Å². The number of hydrogen-bond acceptors (Lipinski definition) is 5. The Bertz CT molecular complexity index is 501. The zero-order valence-electron chi connectivity index (χ0n) is 12.9. The number of rotatable bonds is 8. The summed E-state index contributed by atoms with van der Waals surface area (Å²) in [5.74, 6) is -1.21. The van der Waals surface area contributed by atoms with Gasteiger partial charge in [0.1, 0.15) is 6.54 Å². The first kappa shape index (κ1) is 17.7. The average molecular weight is 307 g/mol. The Hall–Kier alpha value is -2.37. The van der Waals surface area contributed by atoms with Gasteiger partial charge in [0.15, 0.2) is 0 Å². The number of benzene rings is 1. The number of nitrogens with zero attached hydrogens (tertiary/aromatic N) is 1. The first-order valence-electron chi connectivity index (χ1n) is 7.11. The number of esters is 2. The maximum Gasteiger partial charge on any atom is 0.325 e. The van der Waals surface area contributed by atoms with Gasteiger partial charge in [0.05, 0.1) is 20.1 Å². The van der Waals surface area contributed by atoms with Crippen molar-refractivity contribution in [1.29, 1.82) is 0 Å². The van der Waals surface area contributed by atoms with E-state index in [-0.39, 0.29) is 38.4 Å². The second-order valence-corrected chi connectivity index (χ2v) is 4.62. The van der Waals surface area contributed by atoms with Crippen LogP contribution in [-0.2, 0) is 30.4 Å². The molecule has 0 heterocycles. The van der Waals surface area contributed by atoms with Gasteiger partial charge in [-0.05, 0) is 12.5 Å². The van der Waals surface area contributed by atoms with Crippen LogP contribution in [-0.4, -0.2) is 43.0 Å². The van der Waals surface area contributed by atoms with Gasteiger partial charge in [0.25, 0.3) is 0 Å². The molecule has 0 atom stereocenters. The van der Waals surface area contributed by atoms with Crippen molar-refractivity contribution in [3.63, 3.8) is 0 Å². The van der Waals surface area contributed by atoms with Crippen LogP contribution in [0.3, 0.4) is 0 Å². The summed E-state index contributed by atoms with van der Waals surface area (Å²) in [7, 11) is 1.27. The highest BCUT2D eigenvalue weighted by Crippen LogP contribution is 2.08. The molecule has 0 radical (unpaired) electrons. The number of hydrogen-bond donors (Lipinski definition) is 0. The van der Waals surface area contributed by atoms with Crippen molar-refractivity contribution in [2.45, 2.75) is 26.3 Å². The fourth-order valence-electron chi connectivity index (χ4n) is 1.86. The number of carbonyl (C=O) groups is 3. The lowest BCUT2D eigenvalue weighted by Gasteiger charge is -2.21. The predicted octanol–water partition coefficient (Wildman–Crippen LogP) is 1.53. The molecule has 0 saturated heterocycles. The molecule has 1 aromatic rings. The number of carbonyl (C=O) groups excluding carboxylic acids is 3. The molecule has 0 spiro atoms. The van der Waals surface area contributed by atoms with Gasteiger partial charge in [0.2, 0.25) is 5.91 Å². The van der Waals surface area contributed by atoms with Crippen molar-refractivity contribution in [3.05, 3.63) is 35.9 Å². The Morgan fingerprint density at radius 2 is 1.73 bits per heavy atom. The summed E-state index contributed by atoms with van der Waals surface area (Å²) in [6.45, 7) is 2.13. The van der Waals surface area contributed by atoms with Crippen LogP contribution < -0.4 is 0 Å². The second-order valence-electron chi connectivity index (χ2n) is 4.62. The molecule has 6 nitrogen and oxygen atoms in total. The normalized spacial score (nSPS) is 9.91. The Morgan fingerprint density at radius 3 is 2.32 bits per heavy atom. The minimum atomic E-state index is -0.500. The largest absolute Gasteiger partial charge is 0.468 e. The van der Waals surface area contributed by atoms with Crippen LogP contribution in [0, 0.1) is 0 Å². The monoisotopic (exact) mass is 307 g/mol. The molecule has 22 heavy (non-hydrogen) atoms. The van der Waals surface area contributed by atoms with Crippen LogP contribution >= 0.6 is 0 Å². The Balaban J connectivity index is 2.66. The molecule has 6 heteroatoms. The van der Waals surface area contributed by atoms with Gasteiger partial charge in [-0.3, -0.25) is 14.4 Å². The fourth-order valence-corrected chi connectivity index (χ4v) is 1.86. The van der Waals surface area contributed by atoms with Crippen molar-refractivity contribution in [1.82, 2.24) is 4.90 Å². The molecule has 1 amide bonds. The molecule has 0 bridgehead atoms. The SMILES string of the molecule is CCOC(=O)CCC(=O)N(CC(=O)OC)Cc1ccccc1. The maximum atomic E-state index is 12.2. The maximum absolute atomic E-state index is 12.2. The molecule has 0 aliphatic carbocycles. The molecular weight excluding hydrogens is 286 g/mol. The lowest BCUT2D eigenvalue weighted by molar-refractivity contribution is -0.149. The van der Waals surface area contributed by atoms with E-state index < -0.39 is 11.9 Å². The number of methoxy groups -OCH3 is 1. The van der Waals surface area contributed by atoms with Crippen LogP contribution in [0.2, 0.25) is 0 Å². The van der Waals surface area contributed by atoms with E-state index in [0.29, 0.717) is 0 Å². The highest BCUT2D eigenvalue weighted by molar-refractivity contribution is 5.84. The molecule has 1 aromatic carbocycles. The quantitative estimate of drug-likeness (QED) is 0.681. The number of ether oxygens (including phenoxy) is 2. The Kier molecular flexibility index (Phi) is 7.67. The van der Waals surface area contributed by atoms with Gasteiger partial charge in [-0.2, -0.15) is 0 Å². The van der Waals surface area contributed by atoms with Crippen LogP contribution in [0.4, 0.5) is 0 Å². The molecule has 0 fully saturated rings. The molecule has 0 aliphatic heterocycles. The summed E-state index contributed by atoms with van der Waals surface area (Å²) >= 11 is 0. The summed E-state index contributed by atoms with van der Waals surface area (Å²) in [5, 5.41) is 0. The van der Waals surface area contributed by atoms with Crippen molar-refractivity contribution >= 4 is 17.8 Å². The summed E-state index contributed by atoms with van der Waals surface area (Å²) in [4.78, 5) is 36.4. The zero-order valence-corrected chi connectivity index (χ0v) is 12.9. The third-order valence-corrected chi connectivity index (χ3v) is 2.96. The Morgan fingerprint density at radius 1 is 1.05 bits per heavy atom. The molecule has 0 N–H and O–H groups in total. The standard InChI is InChI=1S/C16H21NO5/c1-3-22-15(19)10-9-14(18)17(12-16(20)21-2)11-13-7-5-4-6-8-13/h4-8H,3,9-12H2,1-2H3. The van der Waals surface area contributed by atoms with E-state index in [1.807, 2.05) is 30.3 Å².